The van der Waals surface area contributed by atoms with E-state index in [9.17, 15) is 9.59 Å². The summed E-state index contributed by atoms with van der Waals surface area (Å²) >= 11 is 1.40. The van der Waals surface area contributed by atoms with Gasteiger partial charge in [0.05, 0.1) is 12.7 Å². The maximum atomic E-state index is 11.7. The van der Waals surface area contributed by atoms with Crippen LogP contribution >= 0.6 is 11.3 Å². The number of ether oxygens (including phenoxy) is 1. The van der Waals surface area contributed by atoms with Gasteiger partial charge in [-0.05, 0) is 19.4 Å². The number of anilines is 1. The van der Waals surface area contributed by atoms with Crippen molar-refractivity contribution in [1.82, 2.24) is 0 Å². The molecule has 0 aromatic carbocycles. The summed E-state index contributed by atoms with van der Waals surface area (Å²) in [5.74, 6) is -0.634. The zero-order valence-corrected chi connectivity index (χ0v) is 11.5. The molecule has 1 rings (SSSR count). The number of methoxy groups -OCH3 is 1. The first kappa shape index (κ1) is 13.7. The van der Waals surface area contributed by atoms with Crippen LogP contribution in [-0.2, 0) is 9.53 Å². The van der Waals surface area contributed by atoms with Crippen molar-refractivity contribution in [3.8, 4) is 0 Å². The fourth-order valence-corrected chi connectivity index (χ4v) is 2.37. The molecule has 0 saturated carbocycles. The largest absolute Gasteiger partial charge is 0.465 e. The molecule has 4 nitrogen and oxygen atoms in total. The molecule has 17 heavy (non-hydrogen) atoms. The van der Waals surface area contributed by atoms with Crippen molar-refractivity contribution in [2.75, 3.05) is 12.4 Å². The molecule has 0 unspecified atom stereocenters. The summed E-state index contributed by atoms with van der Waals surface area (Å²) in [6.07, 6.45) is 0. The van der Waals surface area contributed by atoms with Gasteiger partial charge in [-0.3, -0.25) is 4.79 Å². The van der Waals surface area contributed by atoms with Gasteiger partial charge >= 0.3 is 5.97 Å². The average molecular weight is 255 g/mol. The summed E-state index contributed by atoms with van der Waals surface area (Å²) in [6, 6.07) is 0. The van der Waals surface area contributed by atoms with Crippen molar-refractivity contribution in [2.45, 2.75) is 27.7 Å². The minimum absolute atomic E-state index is 0.101. The van der Waals surface area contributed by atoms with Crippen molar-refractivity contribution in [1.29, 1.82) is 0 Å². The second kappa shape index (κ2) is 5.31. The minimum Gasteiger partial charge on any atom is -0.465 e. The van der Waals surface area contributed by atoms with E-state index < -0.39 is 5.97 Å². The molecule has 0 saturated heterocycles. The number of rotatable bonds is 3. The number of aryl methyl sites for hydroxylation is 1. The van der Waals surface area contributed by atoms with Gasteiger partial charge in [0.25, 0.3) is 0 Å². The number of hydrogen-bond acceptors (Lipinski definition) is 4. The van der Waals surface area contributed by atoms with E-state index in [4.69, 9.17) is 4.74 Å². The molecule has 0 aliphatic heterocycles. The second-order valence-corrected chi connectivity index (χ2v) is 5.35. The minimum atomic E-state index is -0.411. The Bertz CT molecular complexity index is 449. The maximum absolute atomic E-state index is 11.7. The first-order valence-electron chi connectivity index (χ1n) is 5.37. The summed E-state index contributed by atoms with van der Waals surface area (Å²) in [5.41, 5.74) is 1.32. The van der Waals surface area contributed by atoms with Gasteiger partial charge in [-0.15, -0.1) is 11.3 Å². The molecule has 1 aromatic heterocycles. The predicted octanol–water partition coefficient (Wildman–Crippen LogP) is 2.75. The number of carbonyl (C=O) groups is 2. The molecule has 1 N–H and O–H groups in total. The fraction of sp³-hybridized carbons (Fsp3) is 0.500. The third-order valence-corrected chi connectivity index (χ3v) is 3.66. The lowest BCUT2D eigenvalue weighted by atomic mass is 10.1. The van der Waals surface area contributed by atoms with Crippen LogP contribution in [0.1, 0.15) is 34.6 Å². The summed E-state index contributed by atoms with van der Waals surface area (Å²) < 4.78 is 4.73. The number of thiophene rings is 1. The monoisotopic (exact) mass is 255 g/mol. The Morgan fingerprint density at radius 1 is 1.29 bits per heavy atom. The summed E-state index contributed by atoms with van der Waals surface area (Å²) in [7, 11) is 1.34. The van der Waals surface area contributed by atoms with Crippen LogP contribution in [0.5, 0.6) is 0 Å². The van der Waals surface area contributed by atoms with Gasteiger partial charge in [0, 0.05) is 10.8 Å². The van der Waals surface area contributed by atoms with Crippen LogP contribution in [0.2, 0.25) is 0 Å². The topological polar surface area (TPSA) is 55.4 Å². The van der Waals surface area contributed by atoms with E-state index in [1.165, 1.54) is 18.4 Å². The molecule has 94 valence electrons. The molecule has 0 aliphatic carbocycles. The molecule has 0 aliphatic rings. The van der Waals surface area contributed by atoms with Crippen LogP contribution in [0.4, 0.5) is 5.00 Å². The van der Waals surface area contributed by atoms with Crippen LogP contribution in [0.25, 0.3) is 0 Å². The summed E-state index contributed by atoms with van der Waals surface area (Å²) in [4.78, 5) is 24.3. The van der Waals surface area contributed by atoms with Gasteiger partial charge in [0.2, 0.25) is 5.91 Å². The lowest BCUT2D eigenvalue weighted by Gasteiger charge is -2.07. The zero-order chi connectivity index (χ0) is 13.2. The second-order valence-electron chi connectivity index (χ2n) is 4.12. The van der Waals surface area contributed by atoms with Crippen molar-refractivity contribution in [2.24, 2.45) is 5.92 Å². The number of esters is 1. The van der Waals surface area contributed by atoms with Gasteiger partial charge in [-0.1, -0.05) is 13.8 Å². The Balaban J connectivity index is 3.11. The van der Waals surface area contributed by atoms with Gasteiger partial charge in [-0.25, -0.2) is 4.79 Å². The average Bonchev–Trinajstić information content (AvgIpc) is 2.53. The highest BCUT2D eigenvalue weighted by Gasteiger charge is 2.22. The van der Waals surface area contributed by atoms with Gasteiger partial charge < -0.3 is 10.1 Å². The molecule has 0 fully saturated rings. The molecular formula is C12H17NO3S. The fourth-order valence-electron chi connectivity index (χ4n) is 1.32. The molecular weight excluding hydrogens is 238 g/mol. The lowest BCUT2D eigenvalue weighted by Crippen LogP contribution is -2.18. The smallest absolute Gasteiger partial charge is 0.341 e. The van der Waals surface area contributed by atoms with Gasteiger partial charge in [0.15, 0.2) is 0 Å². The highest BCUT2D eigenvalue weighted by atomic mass is 32.1. The zero-order valence-electron chi connectivity index (χ0n) is 10.7. The van der Waals surface area contributed by atoms with E-state index in [-0.39, 0.29) is 11.8 Å². The molecule has 1 amide bonds. The van der Waals surface area contributed by atoms with Crippen molar-refractivity contribution >= 4 is 28.2 Å². The van der Waals surface area contributed by atoms with Crippen LogP contribution < -0.4 is 5.32 Å². The van der Waals surface area contributed by atoms with E-state index in [1.54, 1.807) is 13.8 Å². The van der Waals surface area contributed by atoms with E-state index in [1.807, 2.05) is 13.8 Å². The highest BCUT2D eigenvalue weighted by molar-refractivity contribution is 7.16. The molecule has 0 spiro atoms. The third-order valence-electron chi connectivity index (χ3n) is 2.54. The van der Waals surface area contributed by atoms with Crippen LogP contribution in [0.3, 0.4) is 0 Å². The number of hydrogen-bond donors (Lipinski definition) is 1. The number of nitrogens with one attached hydrogen (secondary N) is 1. The van der Waals surface area contributed by atoms with E-state index in [0.717, 1.165) is 10.4 Å². The summed E-state index contributed by atoms with van der Waals surface area (Å²) in [5, 5.41) is 3.34. The van der Waals surface area contributed by atoms with Crippen LogP contribution in [0, 0.1) is 19.8 Å². The quantitative estimate of drug-likeness (QED) is 0.845. The first-order chi connectivity index (χ1) is 7.88. The van der Waals surface area contributed by atoms with Crippen molar-refractivity contribution in [3.05, 3.63) is 16.0 Å². The Kier molecular flexibility index (Phi) is 4.28. The Morgan fingerprint density at radius 2 is 1.88 bits per heavy atom. The predicted molar refractivity (Wildman–Crippen MR) is 68.6 cm³/mol. The Labute approximate surface area is 105 Å². The molecule has 5 heteroatoms. The maximum Gasteiger partial charge on any atom is 0.341 e. The molecule has 0 bridgehead atoms. The molecule has 1 aromatic rings. The number of amides is 1. The Hall–Kier alpha value is -1.36. The SMILES string of the molecule is COC(=O)c1c(NC(=O)C(C)C)sc(C)c1C. The molecule has 0 atom stereocenters. The highest BCUT2D eigenvalue weighted by Crippen LogP contribution is 2.33. The third kappa shape index (κ3) is 2.85. The van der Waals surface area contributed by atoms with Gasteiger partial charge in [0.1, 0.15) is 5.00 Å². The molecule has 0 radical (unpaired) electrons. The van der Waals surface area contributed by atoms with Gasteiger partial charge in [-0.2, -0.15) is 0 Å². The molecule has 1 heterocycles. The first-order valence-corrected chi connectivity index (χ1v) is 6.19. The Morgan fingerprint density at radius 3 is 2.35 bits per heavy atom. The summed E-state index contributed by atoms with van der Waals surface area (Å²) in [6.45, 7) is 7.38. The number of carbonyl (C=O) groups excluding carboxylic acids is 2. The van der Waals surface area contributed by atoms with E-state index in [2.05, 4.69) is 5.32 Å². The normalized spacial score (nSPS) is 10.5. The van der Waals surface area contributed by atoms with Crippen LogP contribution in [-0.4, -0.2) is 19.0 Å². The van der Waals surface area contributed by atoms with E-state index in [0.29, 0.717) is 10.6 Å². The van der Waals surface area contributed by atoms with Crippen molar-refractivity contribution in [3.63, 3.8) is 0 Å². The van der Waals surface area contributed by atoms with E-state index >= 15 is 0 Å². The van der Waals surface area contributed by atoms with Crippen molar-refractivity contribution < 1.29 is 14.3 Å². The standard InChI is InChI=1S/C12H17NO3S/c1-6(2)10(14)13-11-9(12(15)16-5)7(3)8(4)17-11/h6H,1-5H3,(H,13,14). The lowest BCUT2D eigenvalue weighted by molar-refractivity contribution is -0.118. The van der Waals surface area contributed by atoms with Crippen LogP contribution in [0.15, 0.2) is 0 Å².